The van der Waals surface area contributed by atoms with Crippen molar-refractivity contribution in [1.82, 2.24) is 4.98 Å². The van der Waals surface area contributed by atoms with Crippen LogP contribution in [0.4, 0.5) is 0 Å². The summed E-state index contributed by atoms with van der Waals surface area (Å²) in [7, 11) is 0. The van der Waals surface area contributed by atoms with E-state index in [2.05, 4.69) is 20.8 Å². The lowest BCUT2D eigenvalue weighted by molar-refractivity contribution is 0.564. The number of thiazole rings is 1. The molecule has 1 aliphatic rings. The van der Waals surface area contributed by atoms with Gasteiger partial charge in [-0.15, -0.1) is 11.3 Å². The number of nitrogens with zero attached hydrogens (tertiary/aromatic N) is 1. The summed E-state index contributed by atoms with van der Waals surface area (Å²) < 4.78 is 0. The van der Waals surface area contributed by atoms with E-state index in [0.717, 1.165) is 5.92 Å². The third-order valence-corrected chi connectivity index (χ3v) is 3.78. The first-order chi connectivity index (χ1) is 6.52. The summed E-state index contributed by atoms with van der Waals surface area (Å²) in [5.41, 5.74) is 7.10. The first kappa shape index (κ1) is 10.1. The van der Waals surface area contributed by atoms with Crippen molar-refractivity contribution in [2.24, 2.45) is 5.73 Å². The Hall–Kier alpha value is -0.410. The molecule has 0 atom stereocenters. The van der Waals surface area contributed by atoms with Crippen molar-refractivity contribution in [2.75, 3.05) is 0 Å². The van der Waals surface area contributed by atoms with Gasteiger partial charge in [-0.25, -0.2) is 4.98 Å². The van der Waals surface area contributed by atoms with Crippen LogP contribution in [0.25, 0.3) is 0 Å². The van der Waals surface area contributed by atoms with Gasteiger partial charge in [0.05, 0.1) is 10.7 Å². The predicted molar refractivity (Wildman–Crippen MR) is 60.7 cm³/mol. The van der Waals surface area contributed by atoms with Crippen LogP contribution in [0.5, 0.6) is 0 Å². The average Bonchev–Trinajstić information content (AvgIpc) is 2.83. The standard InChI is InChI=1S/C11H18N2S/c1-11(2,3)9-8(6-12)14-10(13-9)7-4-5-7/h7H,4-6,12H2,1-3H3. The number of rotatable bonds is 2. The van der Waals surface area contributed by atoms with Crippen molar-refractivity contribution in [1.29, 1.82) is 0 Å². The van der Waals surface area contributed by atoms with Gasteiger partial charge in [0.25, 0.3) is 0 Å². The van der Waals surface area contributed by atoms with E-state index in [-0.39, 0.29) is 5.41 Å². The minimum Gasteiger partial charge on any atom is -0.326 e. The highest BCUT2D eigenvalue weighted by Crippen LogP contribution is 2.44. The maximum absolute atomic E-state index is 5.75. The maximum atomic E-state index is 5.75. The minimum atomic E-state index is 0.137. The van der Waals surface area contributed by atoms with Crippen LogP contribution in [0, 0.1) is 0 Å². The van der Waals surface area contributed by atoms with Gasteiger partial charge in [-0.2, -0.15) is 0 Å². The molecule has 78 valence electrons. The van der Waals surface area contributed by atoms with E-state index < -0.39 is 0 Å². The third-order valence-electron chi connectivity index (χ3n) is 2.54. The van der Waals surface area contributed by atoms with E-state index in [1.54, 1.807) is 0 Å². The lowest BCUT2D eigenvalue weighted by Crippen LogP contribution is -2.15. The SMILES string of the molecule is CC(C)(C)c1nc(C2CC2)sc1CN. The van der Waals surface area contributed by atoms with Gasteiger partial charge in [0.2, 0.25) is 0 Å². The summed E-state index contributed by atoms with van der Waals surface area (Å²) >= 11 is 1.82. The zero-order valence-electron chi connectivity index (χ0n) is 9.13. The van der Waals surface area contributed by atoms with Crippen LogP contribution in [0.2, 0.25) is 0 Å². The van der Waals surface area contributed by atoms with E-state index in [0.29, 0.717) is 6.54 Å². The van der Waals surface area contributed by atoms with Crippen LogP contribution in [0.15, 0.2) is 0 Å². The number of hydrogen-bond donors (Lipinski definition) is 1. The summed E-state index contributed by atoms with van der Waals surface area (Å²) in [5, 5.41) is 1.32. The van der Waals surface area contributed by atoms with Gasteiger partial charge in [0, 0.05) is 22.8 Å². The van der Waals surface area contributed by atoms with E-state index in [1.165, 1.54) is 28.4 Å². The number of aromatic nitrogens is 1. The Balaban J connectivity index is 2.37. The number of hydrogen-bond acceptors (Lipinski definition) is 3. The maximum Gasteiger partial charge on any atom is 0.0962 e. The van der Waals surface area contributed by atoms with E-state index >= 15 is 0 Å². The minimum absolute atomic E-state index is 0.137. The first-order valence-corrected chi connectivity index (χ1v) is 6.04. The van der Waals surface area contributed by atoms with Crippen LogP contribution in [0.1, 0.15) is 55.1 Å². The molecule has 0 bridgehead atoms. The Bertz CT molecular complexity index is 332. The molecule has 1 saturated carbocycles. The van der Waals surface area contributed by atoms with Gasteiger partial charge in [0.15, 0.2) is 0 Å². The van der Waals surface area contributed by atoms with E-state index in [4.69, 9.17) is 10.7 Å². The predicted octanol–water partition coefficient (Wildman–Crippen LogP) is 2.78. The van der Waals surface area contributed by atoms with Crippen molar-refractivity contribution in [3.63, 3.8) is 0 Å². The van der Waals surface area contributed by atoms with Crippen molar-refractivity contribution in [3.05, 3.63) is 15.6 Å². The molecule has 0 radical (unpaired) electrons. The molecule has 2 N–H and O–H groups in total. The van der Waals surface area contributed by atoms with Gasteiger partial charge in [-0.3, -0.25) is 0 Å². The summed E-state index contributed by atoms with van der Waals surface area (Å²) in [5.74, 6) is 0.751. The monoisotopic (exact) mass is 210 g/mol. The van der Waals surface area contributed by atoms with Crippen LogP contribution in [-0.2, 0) is 12.0 Å². The molecule has 3 heteroatoms. The summed E-state index contributed by atoms with van der Waals surface area (Å²) in [4.78, 5) is 6.03. The fourth-order valence-corrected chi connectivity index (χ4v) is 2.92. The van der Waals surface area contributed by atoms with Crippen molar-refractivity contribution >= 4 is 11.3 Å². The highest BCUT2D eigenvalue weighted by atomic mass is 32.1. The zero-order chi connectivity index (χ0) is 10.3. The molecule has 1 heterocycles. The molecule has 2 rings (SSSR count). The molecule has 0 amide bonds. The van der Waals surface area contributed by atoms with Crippen molar-refractivity contribution in [2.45, 2.75) is 51.5 Å². The lowest BCUT2D eigenvalue weighted by atomic mass is 9.91. The van der Waals surface area contributed by atoms with Gasteiger partial charge in [-0.05, 0) is 12.8 Å². The molecule has 0 aromatic carbocycles. The van der Waals surface area contributed by atoms with Gasteiger partial charge >= 0.3 is 0 Å². The second kappa shape index (κ2) is 3.31. The van der Waals surface area contributed by atoms with Gasteiger partial charge in [-0.1, -0.05) is 20.8 Å². The smallest absolute Gasteiger partial charge is 0.0962 e. The highest BCUT2D eigenvalue weighted by molar-refractivity contribution is 7.11. The zero-order valence-corrected chi connectivity index (χ0v) is 9.95. The Morgan fingerprint density at radius 2 is 2.07 bits per heavy atom. The first-order valence-electron chi connectivity index (χ1n) is 5.22. The largest absolute Gasteiger partial charge is 0.326 e. The molecule has 14 heavy (non-hydrogen) atoms. The Kier molecular flexibility index (Phi) is 2.40. The third kappa shape index (κ3) is 1.84. The fraction of sp³-hybridized carbons (Fsp3) is 0.727. The Labute approximate surface area is 89.5 Å². The van der Waals surface area contributed by atoms with Crippen molar-refractivity contribution < 1.29 is 0 Å². The van der Waals surface area contributed by atoms with Crippen LogP contribution < -0.4 is 5.73 Å². The molecule has 0 unspecified atom stereocenters. The second-order valence-corrected chi connectivity index (χ2v) is 6.17. The molecule has 1 fully saturated rings. The van der Waals surface area contributed by atoms with Crippen LogP contribution in [-0.4, -0.2) is 4.98 Å². The van der Waals surface area contributed by atoms with Crippen LogP contribution in [0.3, 0.4) is 0 Å². The quantitative estimate of drug-likeness (QED) is 0.815. The number of nitrogens with two attached hydrogens (primary N) is 1. The molecule has 1 aliphatic carbocycles. The molecule has 1 aromatic heterocycles. The highest BCUT2D eigenvalue weighted by Gasteiger charge is 2.30. The second-order valence-electron chi connectivity index (χ2n) is 5.05. The van der Waals surface area contributed by atoms with Crippen molar-refractivity contribution in [3.8, 4) is 0 Å². The van der Waals surface area contributed by atoms with E-state index in [9.17, 15) is 0 Å². The fourth-order valence-electron chi connectivity index (χ4n) is 1.60. The van der Waals surface area contributed by atoms with Gasteiger partial charge < -0.3 is 5.73 Å². The summed E-state index contributed by atoms with van der Waals surface area (Å²) in [6.07, 6.45) is 2.64. The summed E-state index contributed by atoms with van der Waals surface area (Å²) in [6.45, 7) is 7.25. The lowest BCUT2D eigenvalue weighted by Gasteiger charge is -2.16. The van der Waals surface area contributed by atoms with Crippen LogP contribution >= 0.6 is 11.3 Å². The normalized spacial score (nSPS) is 17.4. The average molecular weight is 210 g/mol. The Morgan fingerprint density at radius 3 is 2.43 bits per heavy atom. The molecule has 0 spiro atoms. The molecular weight excluding hydrogens is 192 g/mol. The van der Waals surface area contributed by atoms with Gasteiger partial charge in [0.1, 0.15) is 0 Å². The molecule has 2 nitrogen and oxygen atoms in total. The van der Waals surface area contributed by atoms with E-state index in [1.807, 2.05) is 11.3 Å². The summed E-state index contributed by atoms with van der Waals surface area (Å²) in [6, 6.07) is 0. The topological polar surface area (TPSA) is 38.9 Å². The molecule has 1 aromatic rings. The molecular formula is C11H18N2S. The molecule has 0 saturated heterocycles. The Morgan fingerprint density at radius 1 is 1.43 bits per heavy atom. The molecule has 0 aliphatic heterocycles.